The zero-order valence-electron chi connectivity index (χ0n) is 16.2. The summed E-state index contributed by atoms with van der Waals surface area (Å²) in [5.74, 6) is -0.290. The molecular formula is C21H22N2O3S2. The van der Waals surface area contributed by atoms with Crippen molar-refractivity contribution in [1.82, 2.24) is 4.98 Å². The molecule has 0 atom stereocenters. The Hall–Kier alpha value is -2.51. The van der Waals surface area contributed by atoms with Gasteiger partial charge in [0.1, 0.15) is 0 Å². The first-order valence-electron chi connectivity index (χ1n) is 8.73. The number of nitrogens with zero attached hydrogens (tertiary/aromatic N) is 1. The molecule has 1 heterocycles. The molecule has 0 aliphatic rings. The Morgan fingerprint density at radius 3 is 2.39 bits per heavy atom. The minimum atomic E-state index is -3.28. The van der Waals surface area contributed by atoms with Crippen LogP contribution in [0.1, 0.15) is 31.9 Å². The molecule has 0 radical (unpaired) electrons. The third kappa shape index (κ3) is 4.85. The lowest BCUT2D eigenvalue weighted by molar-refractivity contribution is -0.111. The van der Waals surface area contributed by atoms with Crippen molar-refractivity contribution in [3.05, 3.63) is 59.7 Å². The number of aromatic nitrogens is 1. The molecule has 0 fully saturated rings. The fourth-order valence-electron chi connectivity index (χ4n) is 2.60. The Morgan fingerprint density at radius 1 is 1.11 bits per heavy atom. The lowest BCUT2D eigenvalue weighted by Crippen LogP contribution is -2.10. The zero-order valence-corrected chi connectivity index (χ0v) is 17.8. The van der Waals surface area contributed by atoms with Crippen molar-refractivity contribution >= 4 is 48.5 Å². The number of fused-ring (bicyclic) bond motifs is 1. The topological polar surface area (TPSA) is 76.1 Å². The quantitative estimate of drug-likeness (QED) is 0.631. The molecule has 0 aliphatic carbocycles. The van der Waals surface area contributed by atoms with Gasteiger partial charge < -0.3 is 0 Å². The van der Waals surface area contributed by atoms with E-state index in [4.69, 9.17) is 0 Å². The largest absolute Gasteiger partial charge is 0.298 e. The number of rotatable bonds is 4. The summed E-state index contributed by atoms with van der Waals surface area (Å²) in [5.41, 5.74) is 2.90. The average Bonchev–Trinajstić information content (AvgIpc) is 3.00. The summed E-state index contributed by atoms with van der Waals surface area (Å²) in [7, 11) is -3.28. The molecule has 146 valence electrons. The van der Waals surface area contributed by atoms with Gasteiger partial charge in [0.2, 0.25) is 5.91 Å². The summed E-state index contributed by atoms with van der Waals surface area (Å²) in [4.78, 5) is 16.8. The van der Waals surface area contributed by atoms with Crippen LogP contribution in [-0.2, 0) is 20.0 Å². The van der Waals surface area contributed by atoms with Crippen LogP contribution in [0.4, 0.5) is 5.13 Å². The summed E-state index contributed by atoms with van der Waals surface area (Å²) in [6.45, 7) is 6.46. The van der Waals surface area contributed by atoms with Gasteiger partial charge in [0.15, 0.2) is 15.0 Å². The van der Waals surface area contributed by atoms with Crippen LogP contribution >= 0.6 is 11.3 Å². The van der Waals surface area contributed by atoms with Crippen molar-refractivity contribution in [2.24, 2.45) is 0 Å². The summed E-state index contributed by atoms with van der Waals surface area (Å²) in [6, 6.07) is 12.8. The number of anilines is 1. The van der Waals surface area contributed by atoms with E-state index in [1.807, 2.05) is 12.1 Å². The van der Waals surface area contributed by atoms with Gasteiger partial charge in [-0.1, -0.05) is 56.4 Å². The van der Waals surface area contributed by atoms with Crippen LogP contribution in [0.3, 0.4) is 0 Å². The van der Waals surface area contributed by atoms with Crippen LogP contribution < -0.4 is 5.32 Å². The maximum atomic E-state index is 12.2. The molecule has 1 amide bonds. The summed E-state index contributed by atoms with van der Waals surface area (Å²) in [6.07, 6.45) is 4.37. The van der Waals surface area contributed by atoms with Crippen LogP contribution in [0, 0.1) is 0 Å². The number of nitrogens with one attached hydrogen (secondary N) is 1. The smallest absolute Gasteiger partial charge is 0.250 e. The molecular weight excluding hydrogens is 392 g/mol. The highest BCUT2D eigenvalue weighted by molar-refractivity contribution is 7.90. The molecule has 0 saturated carbocycles. The highest BCUT2D eigenvalue weighted by atomic mass is 32.2. The van der Waals surface area contributed by atoms with Crippen LogP contribution in [0.5, 0.6) is 0 Å². The standard InChI is InChI=1S/C21H22N2O3S2/c1-21(2,3)15-8-5-14(6-9-15)7-12-19(24)23-20-22-17-11-10-16(28(4,25)26)13-18(17)27-20/h5-13H,1-4H3,(H,22,23,24)/b12-7+. The van der Waals surface area contributed by atoms with Crippen molar-refractivity contribution in [2.75, 3.05) is 11.6 Å². The van der Waals surface area contributed by atoms with Crippen LogP contribution in [0.15, 0.2) is 53.4 Å². The first-order valence-corrected chi connectivity index (χ1v) is 11.4. The van der Waals surface area contributed by atoms with Gasteiger partial charge in [-0.2, -0.15) is 0 Å². The molecule has 3 aromatic rings. The first kappa shape index (κ1) is 20.2. The fraction of sp³-hybridized carbons (Fsp3) is 0.238. The van der Waals surface area contributed by atoms with Gasteiger partial charge in [-0.05, 0) is 40.8 Å². The number of thiazole rings is 1. The average molecular weight is 415 g/mol. The minimum Gasteiger partial charge on any atom is -0.298 e. The highest BCUT2D eigenvalue weighted by Crippen LogP contribution is 2.28. The summed E-state index contributed by atoms with van der Waals surface area (Å²) < 4.78 is 24.0. The third-order valence-corrected chi connectivity index (χ3v) is 6.27. The zero-order chi connectivity index (χ0) is 20.5. The van der Waals surface area contributed by atoms with Gasteiger partial charge in [0.05, 0.1) is 15.1 Å². The number of carbonyl (C=O) groups is 1. The summed E-state index contributed by atoms with van der Waals surface area (Å²) in [5, 5.41) is 3.16. The van der Waals surface area contributed by atoms with Gasteiger partial charge >= 0.3 is 0 Å². The minimum absolute atomic E-state index is 0.0867. The number of carbonyl (C=O) groups excluding carboxylic acids is 1. The highest BCUT2D eigenvalue weighted by Gasteiger charge is 2.13. The second-order valence-corrected chi connectivity index (χ2v) is 10.7. The maximum Gasteiger partial charge on any atom is 0.250 e. The van der Waals surface area contributed by atoms with Crippen LogP contribution in [0.2, 0.25) is 0 Å². The Bertz CT molecular complexity index is 1150. The number of sulfone groups is 1. The van der Waals surface area contributed by atoms with Crippen LogP contribution in [0.25, 0.3) is 16.3 Å². The van der Waals surface area contributed by atoms with Gasteiger partial charge in [-0.15, -0.1) is 0 Å². The molecule has 5 nitrogen and oxygen atoms in total. The Balaban J connectivity index is 1.71. The Labute approximate surface area is 169 Å². The lowest BCUT2D eigenvalue weighted by Gasteiger charge is -2.18. The Kier molecular flexibility index (Phi) is 5.41. The van der Waals surface area contributed by atoms with Gasteiger partial charge in [-0.3, -0.25) is 10.1 Å². The summed E-state index contributed by atoms with van der Waals surface area (Å²) >= 11 is 1.24. The molecule has 0 aliphatic heterocycles. The van der Waals surface area contributed by atoms with E-state index >= 15 is 0 Å². The fourth-order valence-corrected chi connectivity index (χ4v) is 4.23. The van der Waals surface area contributed by atoms with E-state index in [0.29, 0.717) is 15.3 Å². The maximum absolute atomic E-state index is 12.2. The van der Waals surface area contributed by atoms with E-state index in [1.165, 1.54) is 29.0 Å². The molecule has 0 saturated heterocycles. The first-order chi connectivity index (χ1) is 13.0. The molecule has 0 spiro atoms. The van der Waals surface area contributed by atoms with Gasteiger partial charge in [0, 0.05) is 12.3 Å². The molecule has 28 heavy (non-hydrogen) atoms. The van der Waals surface area contributed by atoms with Crippen molar-refractivity contribution in [3.8, 4) is 0 Å². The predicted molar refractivity (Wildman–Crippen MR) is 116 cm³/mol. The second kappa shape index (κ2) is 7.48. The third-order valence-electron chi connectivity index (χ3n) is 4.22. The number of hydrogen-bond donors (Lipinski definition) is 1. The molecule has 0 bridgehead atoms. The normalized spacial score (nSPS) is 12.6. The van der Waals surface area contributed by atoms with Gasteiger partial charge in [-0.25, -0.2) is 13.4 Å². The second-order valence-electron chi connectivity index (χ2n) is 7.62. The molecule has 1 aromatic heterocycles. The predicted octanol–water partition coefficient (Wildman–Crippen LogP) is 4.65. The Morgan fingerprint density at radius 2 is 1.79 bits per heavy atom. The van der Waals surface area contributed by atoms with E-state index < -0.39 is 9.84 Å². The molecule has 0 unspecified atom stereocenters. The van der Waals surface area contributed by atoms with E-state index in [1.54, 1.807) is 18.2 Å². The molecule has 2 aromatic carbocycles. The van der Waals surface area contributed by atoms with Crippen molar-refractivity contribution in [3.63, 3.8) is 0 Å². The van der Waals surface area contributed by atoms with Crippen molar-refractivity contribution in [1.29, 1.82) is 0 Å². The van der Waals surface area contributed by atoms with Gasteiger partial charge in [0.25, 0.3) is 0 Å². The van der Waals surface area contributed by atoms with E-state index in [-0.39, 0.29) is 16.2 Å². The van der Waals surface area contributed by atoms with E-state index in [2.05, 4.69) is 43.2 Å². The molecule has 3 rings (SSSR count). The lowest BCUT2D eigenvalue weighted by atomic mass is 9.87. The SMILES string of the molecule is CC(C)(C)c1ccc(/C=C/C(=O)Nc2nc3ccc(S(C)(=O)=O)cc3s2)cc1. The van der Waals surface area contributed by atoms with Crippen molar-refractivity contribution in [2.45, 2.75) is 31.1 Å². The monoisotopic (exact) mass is 414 g/mol. The van der Waals surface area contributed by atoms with Crippen LogP contribution in [-0.4, -0.2) is 25.6 Å². The van der Waals surface area contributed by atoms with Crippen molar-refractivity contribution < 1.29 is 13.2 Å². The number of amides is 1. The molecule has 1 N–H and O–H groups in total. The van der Waals surface area contributed by atoms with E-state index in [0.717, 1.165) is 11.8 Å². The number of hydrogen-bond acceptors (Lipinski definition) is 5. The number of benzene rings is 2. The molecule has 7 heteroatoms. The van der Waals surface area contributed by atoms with E-state index in [9.17, 15) is 13.2 Å².